The fourth-order valence-electron chi connectivity index (χ4n) is 0.686. The van der Waals surface area contributed by atoms with Crippen LogP contribution in [-0.4, -0.2) is 9.34 Å². The Morgan fingerprint density at radius 2 is 1.50 bits per heavy atom. The van der Waals surface area contributed by atoms with E-state index in [1.165, 1.54) is 0 Å². The van der Waals surface area contributed by atoms with Gasteiger partial charge in [0.1, 0.15) is 0 Å². The van der Waals surface area contributed by atoms with Crippen LogP contribution >= 0.6 is 22.6 Å². The van der Waals surface area contributed by atoms with Crippen molar-refractivity contribution in [3.8, 4) is 0 Å². The number of halogens is 3. The first-order chi connectivity index (χ1) is 4.19. The predicted octanol–water partition coefficient (Wildman–Crippen LogP) is 3.49. The van der Waals surface area contributed by atoms with Gasteiger partial charge in [0.25, 0.3) is 5.92 Å². The molecule has 0 N–H and O–H groups in total. The van der Waals surface area contributed by atoms with Gasteiger partial charge in [-0.25, -0.2) is 8.78 Å². The normalized spacial score (nSPS) is 14.4. The second-order valence-corrected chi connectivity index (χ2v) is 5.95. The van der Waals surface area contributed by atoms with Crippen LogP contribution in [0.5, 0.6) is 0 Å². The van der Waals surface area contributed by atoms with E-state index in [1.807, 2.05) is 0 Å². The zero-order valence-corrected chi connectivity index (χ0v) is 8.87. The molecule has 0 bridgehead atoms. The Kier molecular flexibility index (Phi) is 3.08. The molecule has 62 valence electrons. The summed E-state index contributed by atoms with van der Waals surface area (Å²) in [5.41, 5.74) is 0. The maximum Gasteiger partial charge on any atom is 0.264 e. The Hall–Kier alpha value is 0.590. The lowest BCUT2D eigenvalue weighted by molar-refractivity contribution is -0.0651. The van der Waals surface area contributed by atoms with Crippen molar-refractivity contribution in [1.29, 1.82) is 0 Å². The molecule has 0 aliphatic rings. The van der Waals surface area contributed by atoms with E-state index in [1.54, 1.807) is 50.3 Å². The molecule has 3 heteroatoms. The van der Waals surface area contributed by atoms with E-state index in [-0.39, 0.29) is 0 Å². The van der Waals surface area contributed by atoms with Gasteiger partial charge in [0.2, 0.25) is 0 Å². The smallest absolute Gasteiger partial charge is 0.205 e. The summed E-state index contributed by atoms with van der Waals surface area (Å²) in [6.45, 7) is 6.18. The Morgan fingerprint density at radius 1 is 1.20 bits per heavy atom. The summed E-state index contributed by atoms with van der Waals surface area (Å²) >= 11 is 1.78. The summed E-state index contributed by atoms with van der Waals surface area (Å²) in [6.07, 6.45) is 0. The highest BCUT2D eigenvalue weighted by Gasteiger charge is 2.47. The second-order valence-electron chi connectivity index (χ2n) is 3.25. The molecular formula is C7H13F2I. The standard InChI is InChI=1S/C7H13F2I/c1-5(2)7(8,9)6(3,4)10/h5H,1-4H3. The minimum Gasteiger partial charge on any atom is -0.205 e. The molecule has 0 aromatic carbocycles. The monoisotopic (exact) mass is 262 g/mol. The van der Waals surface area contributed by atoms with E-state index in [0.717, 1.165) is 0 Å². The number of hydrogen-bond acceptors (Lipinski definition) is 0. The average Bonchev–Trinajstić information content (AvgIpc) is 1.62. The molecule has 0 amide bonds. The highest BCUT2D eigenvalue weighted by molar-refractivity contribution is 14.1. The lowest BCUT2D eigenvalue weighted by atomic mass is 9.95. The van der Waals surface area contributed by atoms with Gasteiger partial charge in [-0.15, -0.1) is 0 Å². The Bertz CT molecular complexity index is 113. The first-order valence-corrected chi connectivity index (χ1v) is 4.34. The minimum absolute atomic E-state index is 0.584. The highest BCUT2D eigenvalue weighted by atomic mass is 127. The predicted molar refractivity (Wildman–Crippen MR) is 47.9 cm³/mol. The van der Waals surface area contributed by atoms with Crippen LogP contribution in [0.2, 0.25) is 0 Å². The van der Waals surface area contributed by atoms with E-state index in [9.17, 15) is 8.78 Å². The average molecular weight is 262 g/mol. The van der Waals surface area contributed by atoms with Crippen LogP contribution in [0.15, 0.2) is 0 Å². The third-order valence-electron chi connectivity index (χ3n) is 1.52. The first-order valence-electron chi connectivity index (χ1n) is 3.26. The molecule has 0 atom stereocenters. The molecule has 10 heavy (non-hydrogen) atoms. The zero-order chi connectivity index (χ0) is 8.58. The van der Waals surface area contributed by atoms with Gasteiger partial charge in [0.05, 0.1) is 3.42 Å². The quantitative estimate of drug-likeness (QED) is 0.528. The van der Waals surface area contributed by atoms with Crippen molar-refractivity contribution in [3.05, 3.63) is 0 Å². The van der Waals surface area contributed by atoms with Crippen molar-refractivity contribution in [2.75, 3.05) is 0 Å². The van der Waals surface area contributed by atoms with Crippen LogP contribution in [-0.2, 0) is 0 Å². The van der Waals surface area contributed by atoms with Crippen molar-refractivity contribution >= 4 is 22.6 Å². The van der Waals surface area contributed by atoms with Gasteiger partial charge in [-0.1, -0.05) is 36.4 Å². The Morgan fingerprint density at radius 3 is 1.50 bits per heavy atom. The van der Waals surface area contributed by atoms with Gasteiger partial charge in [-0.3, -0.25) is 0 Å². The number of hydrogen-bond donors (Lipinski definition) is 0. The van der Waals surface area contributed by atoms with Crippen LogP contribution in [0.3, 0.4) is 0 Å². The van der Waals surface area contributed by atoms with Crippen molar-refractivity contribution in [3.63, 3.8) is 0 Å². The van der Waals surface area contributed by atoms with Gasteiger partial charge in [-0.2, -0.15) is 0 Å². The molecule has 0 aliphatic heterocycles. The van der Waals surface area contributed by atoms with Gasteiger partial charge in [-0.05, 0) is 13.8 Å². The van der Waals surface area contributed by atoms with Crippen LogP contribution < -0.4 is 0 Å². The lowest BCUT2D eigenvalue weighted by Gasteiger charge is -2.31. The first kappa shape index (κ1) is 10.6. The van der Waals surface area contributed by atoms with E-state index >= 15 is 0 Å². The van der Waals surface area contributed by atoms with E-state index in [4.69, 9.17) is 0 Å². The van der Waals surface area contributed by atoms with Crippen LogP contribution in [0.4, 0.5) is 8.78 Å². The van der Waals surface area contributed by atoms with E-state index < -0.39 is 15.3 Å². The maximum atomic E-state index is 13.0. The lowest BCUT2D eigenvalue weighted by Crippen LogP contribution is -2.41. The van der Waals surface area contributed by atoms with Crippen LogP contribution in [0.25, 0.3) is 0 Å². The molecule has 0 aromatic heterocycles. The van der Waals surface area contributed by atoms with E-state index in [2.05, 4.69) is 0 Å². The Balaban J connectivity index is 4.40. The van der Waals surface area contributed by atoms with E-state index in [0.29, 0.717) is 0 Å². The summed E-state index contributed by atoms with van der Waals surface area (Å²) in [4.78, 5) is 0. The number of alkyl halides is 3. The molecule has 0 fully saturated rings. The van der Waals surface area contributed by atoms with Crippen LogP contribution in [0, 0.1) is 5.92 Å². The molecule has 0 saturated carbocycles. The minimum atomic E-state index is -2.58. The maximum absolute atomic E-state index is 13.0. The van der Waals surface area contributed by atoms with Crippen molar-refractivity contribution in [2.24, 2.45) is 5.92 Å². The molecule has 0 unspecified atom stereocenters. The van der Waals surface area contributed by atoms with Gasteiger partial charge >= 0.3 is 0 Å². The largest absolute Gasteiger partial charge is 0.264 e. The summed E-state index contributed by atoms with van der Waals surface area (Å²) in [5.74, 6) is -3.16. The van der Waals surface area contributed by atoms with Gasteiger partial charge in [0.15, 0.2) is 0 Å². The van der Waals surface area contributed by atoms with Crippen molar-refractivity contribution in [2.45, 2.75) is 37.0 Å². The van der Waals surface area contributed by atoms with Crippen molar-refractivity contribution in [1.82, 2.24) is 0 Å². The van der Waals surface area contributed by atoms with Crippen molar-refractivity contribution < 1.29 is 8.78 Å². The summed E-state index contributed by atoms with van der Waals surface area (Å²) < 4.78 is 25.1. The molecule has 0 saturated heterocycles. The summed E-state index contributed by atoms with van der Waals surface area (Å²) in [6, 6.07) is 0. The molecule has 0 nitrogen and oxygen atoms in total. The van der Waals surface area contributed by atoms with Gasteiger partial charge in [0, 0.05) is 5.92 Å². The highest BCUT2D eigenvalue weighted by Crippen LogP contribution is 2.41. The molecule has 0 rings (SSSR count). The fraction of sp³-hybridized carbons (Fsp3) is 1.00. The van der Waals surface area contributed by atoms with Gasteiger partial charge < -0.3 is 0 Å². The Labute approximate surface area is 74.5 Å². The topological polar surface area (TPSA) is 0 Å². The summed E-state index contributed by atoms with van der Waals surface area (Å²) in [7, 11) is 0. The molecule has 0 radical (unpaired) electrons. The molecule has 0 spiro atoms. The molecule has 0 aromatic rings. The molecule has 0 aliphatic carbocycles. The fourth-order valence-corrected chi connectivity index (χ4v) is 1.31. The zero-order valence-electron chi connectivity index (χ0n) is 6.71. The third kappa shape index (κ3) is 2.04. The molecule has 0 heterocycles. The molecular weight excluding hydrogens is 249 g/mol. The second kappa shape index (κ2) is 2.91. The van der Waals surface area contributed by atoms with Crippen LogP contribution in [0.1, 0.15) is 27.7 Å². The third-order valence-corrected chi connectivity index (χ3v) is 2.24. The SMILES string of the molecule is CC(C)C(F)(F)C(C)(C)I. The number of rotatable bonds is 2. The summed E-state index contributed by atoms with van der Waals surface area (Å²) in [5, 5.41) is 0.